The van der Waals surface area contributed by atoms with Crippen LogP contribution in [0.3, 0.4) is 0 Å². The van der Waals surface area contributed by atoms with E-state index in [0.29, 0.717) is 30.3 Å². The van der Waals surface area contributed by atoms with Crippen LogP contribution in [-0.2, 0) is 22.5 Å². The summed E-state index contributed by atoms with van der Waals surface area (Å²) >= 11 is 1.67. The first-order valence-electron chi connectivity index (χ1n) is 11.9. The fourth-order valence-corrected chi connectivity index (χ4v) is 6.26. The number of hydrogen-bond acceptors (Lipinski definition) is 10. The van der Waals surface area contributed by atoms with Crippen LogP contribution in [0.2, 0.25) is 0 Å². The van der Waals surface area contributed by atoms with Gasteiger partial charge in [0.1, 0.15) is 10.9 Å². The Morgan fingerprint density at radius 2 is 1.94 bits per heavy atom. The molecule has 2 fully saturated rings. The molecule has 6 rings (SSSR count). The number of fused-ring (bicyclic) bond motifs is 3. The Morgan fingerprint density at radius 1 is 1.15 bits per heavy atom. The van der Waals surface area contributed by atoms with Crippen molar-refractivity contribution < 1.29 is 14.2 Å². The summed E-state index contributed by atoms with van der Waals surface area (Å²) in [4.78, 5) is 14.3. The van der Waals surface area contributed by atoms with Gasteiger partial charge in [0, 0.05) is 30.4 Å². The van der Waals surface area contributed by atoms with E-state index in [4.69, 9.17) is 24.2 Å². The average Bonchev–Trinajstić information content (AvgIpc) is 3.14. The smallest absolute Gasteiger partial charge is 0.233 e. The maximum absolute atomic E-state index is 6.63. The Labute approximate surface area is 197 Å². The molecule has 4 aliphatic rings. The van der Waals surface area contributed by atoms with Gasteiger partial charge >= 0.3 is 0 Å². The molecule has 33 heavy (non-hydrogen) atoms. The molecule has 0 spiro atoms. The molecule has 1 aliphatic carbocycles. The van der Waals surface area contributed by atoms with Gasteiger partial charge in [-0.15, -0.1) is 16.4 Å². The minimum atomic E-state index is -0.206. The van der Waals surface area contributed by atoms with E-state index in [-0.39, 0.29) is 11.7 Å². The van der Waals surface area contributed by atoms with Crippen LogP contribution in [0.15, 0.2) is 10.2 Å². The number of amidine groups is 1. The van der Waals surface area contributed by atoms with Gasteiger partial charge in [-0.3, -0.25) is 4.90 Å². The van der Waals surface area contributed by atoms with Gasteiger partial charge in [-0.25, -0.2) is 4.98 Å². The van der Waals surface area contributed by atoms with E-state index < -0.39 is 0 Å². The lowest BCUT2D eigenvalue weighted by molar-refractivity contribution is -0.0379. The molecule has 9 nitrogen and oxygen atoms in total. The molecule has 0 unspecified atom stereocenters. The van der Waals surface area contributed by atoms with Crippen LogP contribution in [0, 0.1) is 0 Å². The SMILES string of the molecule is CC1(C)Cc2c(sc3nc(NC4=NN=C4)nc(O[C@H]4CC[C@H](N5CCOCC5)CC4)c23)CO1. The summed E-state index contributed by atoms with van der Waals surface area (Å²) in [6, 6.07) is 0.638. The maximum atomic E-state index is 6.63. The third-order valence-corrected chi connectivity index (χ3v) is 8.07. The summed E-state index contributed by atoms with van der Waals surface area (Å²) < 4.78 is 18.2. The Bertz CT molecular complexity index is 1100. The van der Waals surface area contributed by atoms with E-state index in [9.17, 15) is 0 Å². The first-order valence-corrected chi connectivity index (χ1v) is 12.7. The molecule has 176 valence electrons. The van der Waals surface area contributed by atoms with Gasteiger partial charge < -0.3 is 19.5 Å². The second kappa shape index (κ2) is 8.57. The molecule has 10 heteroatoms. The quantitative estimate of drug-likeness (QED) is 0.732. The molecule has 0 radical (unpaired) electrons. The highest BCUT2D eigenvalue weighted by Crippen LogP contribution is 2.42. The van der Waals surface area contributed by atoms with E-state index in [2.05, 4.69) is 34.3 Å². The number of thiophene rings is 1. The molecule has 0 aromatic carbocycles. The molecule has 0 amide bonds. The Hall–Kier alpha value is -2.14. The van der Waals surface area contributed by atoms with Gasteiger partial charge in [-0.2, -0.15) is 10.1 Å². The number of aromatic nitrogens is 2. The van der Waals surface area contributed by atoms with E-state index in [1.165, 1.54) is 10.4 Å². The van der Waals surface area contributed by atoms with Crippen molar-refractivity contribution in [1.29, 1.82) is 0 Å². The standard InChI is InChI=1S/C23H30N6O3S/c1-23(2)11-16-17(13-31-23)33-21-19(16)20(26-22(27-21)25-18-12-24-28-18)32-15-5-3-14(4-6-15)29-7-9-30-10-8-29/h12,14-15H,3-11,13H2,1-2H3,(H,25,26,27,28)/t14-,15-. The number of morpholine rings is 1. The fraction of sp³-hybridized carbons (Fsp3) is 0.652. The highest BCUT2D eigenvalue weighted by molar-refractivity contribution is 7.18. The molecular formula is C23H30N6O3S. The highest BCUT2D eigenvalue weighted by Gasteiger charge is 2.33. The number of hydrogen-bond donors (Lipinski definition) is 1. The second-order valence-corrected chi connectivity index (χ2v) is 10.9. The number of nitrogens with one attached hydrogen (secondary N) is 1. The van der Waals surface area contributed by atoms with E-state index in [0.717, 1.165) is 68.6 Å². The number of rotatable bonds is 4. The Kier molecular flexibility index (Phi) is 5.56. The summed E-state index contributed by atoms with van der Waals surface area (Å²) in [5.41, 5.74) is 1.07. The largest absolute Gasteiger partial charge is 0.474 e. The zero-order chi connectivity index (χ0) is 22.4. The lowest BCUT2D eigenvalue weighted by Gasteiger charge is -2.38. The zero-order valence-electron chi connectivity index (χ0n) is 19.2. The van der Waals surface area contributed by atoms with Crippen molar-refractivity contribution in [3.05, 3.63) is 10.4 Å². The first kappa shape index (κ1) is 21.4. The monoisotopic (exact) mass is 470 g/mol. The zero-order valence-corrected chi connectivity index (χ0v) is 20.0. The molecule has 2 aromatic rings. The van der Waals surface area contributed by atoms with Crippen molar-refractivity contribution >= 4 is 39.6 Å². The summed E-state index contributed by atoms with van der Waals surface area (Å²) in [5.74, 6) is 1.85. The Balaban J connectivity index is 1.26. The van der Waals surface area contributed by atoms with Crippen LogP contribution >= 0.6 is 11.3 Å². The third kappa shape index (κ3) is 4.37. The normalized spacial score (nSPS) is 27.0. The molecule has 1 N–H and O–H groups in total. The number of ether oxygens (including phenoxy) is 3. The first-order chi connectivity index (χ1) is 16.0. The molecule has 0 atom stereocenters. The van der Waals surface area contributed by atoms with E-state index in [1.54, 1.807) is 17.6 Å². The van der Waals surface area contributed by atoms with Gasteiger partial charge in [-0.05, 0) is 45.1 Å². The van der Waals surface area contributed by atoms with Crippen molar-refractivity contribution in [3.8, 4) is 5.88 Å². The number of nitrogens with zero attached hydrogens (tertiary/aromatic N) is 5. The van der Waals surface area contributed by atoms with Crippen molar-refractivity contribution in [1.82, 2.24) is 14.9 Å². The molecule has 2 aromatic heterocycles. The lowest BCUT2D eigenvalue weighted by Crippen LogP contribution is -2.46. The molecule has 1 saturated heterocycles. The highest BCUT2D eigenvalue weighted by atomic mass is 32.1. The van der Waals surface area contributed by atoms with Gasteiger partial charge in [0.05, 0.1) is 37.0 Å². The molecule has 0 bridgehead atoms. The lowest BCUT2D eigenvalue weighted by atomic mass is 9.91. The van der Waals surface area contributed by atoms with Gasteiger partial charge in [0.15, 0.2) is 5.84 Å². The summed E-state index contributed by atoms with van der Waals surface area (Å²) in [6.45, 7) is 8.67. The minimum Gasteiger partial charge on any atom is -0.474 e. The van der Waals surface area contributed by atoms with Crippen LogP contribution in [0.1, 0.15) is 50.0 Å². The predicted octanol–water partition coefficient (Wildman–Crippen LogP) is 3.37. The fourth-order valence-electron chi connectivity index (χ4n) is 5.17. The van der Waals surface area contributed by atoms with Gasteiger partial charge in [-0.1, -0.05) is 0 Å². The summed E-state index contributed by atoms with van der Waals surface area (Å²) in [6.07, 6.45) is 7.04. The number of anilines is 1. The van der Waals surface area contributed by atoms with Crippen LogP contribution in [-0.4, -0.2) is 71.0 Å². The molecule has 5 heterocycles. The maximum Gasteiger partial charge on any atom is 0.233 e. The minimum absolute atomic E-state index is 0.166. The predicted molar refractivity (Wildman–Crippen MR) is 129 cm³/mol. The van der Waals surface area contributed by atoms with Crippen LogP contribution in [0.25, 0.3) is 10.2 Å². The van der Waals surface area contributed by atoms with Crippen molar-refractivity contribution in [2.24, 2.45) is 10.2 Å². The molecule has 3 aliphatic heterocycles. The van der Waals surface area contributed by atoms with E-state index >= 15 is 0 Å². The summed E-state index contributed by atoms with van der Waals surface area (Å²) in [5, 5.41) is 11.9. The topological polar surface area (TPSA) is 93.5 Å². The molecular weight excluding hydrogens is 440 g/mol. The van der Waals surface area contributed by atoms with Crippen LogP contribution in [0.5, 0.6) is 5.88 Å². The molecule has 1 saturated carbocycles. The average molecular weight is 471 g/mol. The summed E-state index contributed by atoms with van der Waals surface area (Å²) in [7, 11) is 0. The Morgan fingerprint density at radius 3 is 2.67 bits per heavy atom. The van der Waals surface area contributed by atoms with Gasteiger partial charge in [0.2, 0.25) is 11.8 Å². The second-order valence-electron chi connectivity index (χ2n) is 9.81. The van der Waals surface area contributed by atoms with Crippen LogP contribution in [0.4, 0.5) is 5.95 Å². The van der Waals surface area contributed by atoms with Gasteiger partial charge in [0.25, 0.3) is 0 Å². The van der Waals surface area contributed by atoms with Crippen molar-refractivity contribution in [2.45, 2.75) is 70.3 Å². The van der Waals surface area contributed by atoms with Crippen LogP contribution < -0.4 is 10.1 Å². The van der Waals surface area contributed by atoms with E-state index in [1.807, 2.05) is 0 Å². The van der Waals surface area contributed by atoms with Crippen molar-refractivity contribution in [3.63, 3.8) is 0 Å². The third-order valence-electron chi connectivity index (χ3n) is 6.97. The van der Waals surface area contributed by atoms with Crippen molar-refractivity contribution in [2.75, 3.05) is 31.6 Å².